The maximum absolute atomic E-state index is 13.0. The van der Waals surface area contributed by atoms with Gasteiger partial charge < -0.3 is 10.0 Å². The minimum Gasteiger partial charge on any atom is -0.390 e. The standard InChI is InChI=1S/C17H22N2O3S/c1-18(2)13-16(20)14-19(15-9-5-3-6-10-15)23(21,22)17-11-7-4-8-12-17/h3-12,16,20H,13-14H2,1-2H3/t16-/m1/s1. The number of hydrogen-bond donors (Lipinski definition) is 1. The SMILES string of the molecule is CN(C)C[C@@H](O)CN(c1ccccc1)S(=O)(=O)c1ccccc1. The molecule has 0 saturated carbocycles. The van der Waals surface area contributed by atoms with Gasteiger partial charge in [-0.15, -0.1) is 0 Å². The van der Waals surface area contributed by atoms with Crippen molar-refractivity contribution in [1.29, 1.82) is 0 Å². The number of aliphatic hydroxyl groups excluding tert-OH is 1. The van der Waals surface area contributed by atoms with Crippen molar-refractivity contribution >= 4 is 15.7 Å². The molecule has 2 rings (SSSR count). The van der Waals surface area contributed by atoms with Crippen LogP contribution >= 0.6 is 0 Å². The molecule has 1 N–H and O–H groups in total. The number of nitrogens with zero attached hydrogens (tertiary/aromatic N) is 2. The molecule has 5 nitrogen and oxygen atoms in total. The monoisotopic (exact) mass is 334 g/mol. The normalized spacial score (nSPS) is 13.0. The van der Waals surface area contributed by atoms with Crippen LogP contribution in [-0.2, 0) is 10.0 Å². The Labute approximate surface area is 137 Å². The summed E-state index contributed by atoms with van der Waals surface area (Å²) in [5.41, 5.74) is 0.536. The minimum atomic E-state index is -3.73. The van der Waals surface area contributed by atoms with Crippen molar-refractivity contribution in [3.63, 3.8) is 0 Å². The van der Waals surface area contributed by atoms with Gasteiger partial charge in [-0.25, -0.2) is 8.42 Å². The first kappa shape index (κ1) is 17.5. The zero-order chi connectivity index (χ0) is 16.9. The lowest BCUT2D eigenvalue weighted by Crippen LogP contribution is -2.41. The van der Waals surface area contributed by atoms with Gasteiger partial charge >= 0.3 is 0 Å². The van der Waals surface area contributed by atoms with Crippen molar-refractivity contribution in [3.05, 3.63) is 60.7 Å². The zero-order valence-corrected chi connectivity index (χ0v) is 14.1. The predicted octanol–water partition coefficient (Wildman–Crippen LogP) is 1.80. The van der Waals surface area contributed by atoms with E-state index in [0.29, 0.717) is 12.2 Å². The highest BCUT2D eigenvalue weighted by Gasteiger charge is 2.27. The molecule has 0 saturated heterocycles. The number of hydrogen-bond acceptors (Lipinski definition) is 4. The molecule has 2 aromatic carbocycles. The Hall–Kier alpha value is -1.89. The molecule has 0 heterocycles. The van der Waals surface area contributed by atoms with Gasteiger partial charge in [0.25, 0.3) is 10.0 Å². The third-order valence-electron chi connectivity index (χ3n) is 3.33. The fourth-order valence-corrected chi connectivity index (χ4v) is 3.85. The summed E-state index contributed by atoms with van der Waals surface area (Å²) in [5.74, 6) is 0. The molecule has 124 valence electrons. The summed E-state index contributed by atoms with van der Waals surface area (Å²) in [4.78, 5) is 2.03. The van der Waals surface area contributed by atoms with Gasteiger partial charge in [0.15, 0.2) is 0 Å². The molecule has 0 spiro atoms. The molecule has 2 aromatic rings. The molecule has 0 fully saturated rings. The molecule has 0 aliphatic rings. The number of rotatable bonds is 7. The highest BCUT2D eigenvalue weighted by atomic mass is 32.2. The van der Waals surface area contributed by atoms with Gasteiger partial charge in [0.2, 0.25) is 0 Å². The summed E-state index contributed by atoms with van der Waals surface area (Å²) >= 11 is 0. The van der Waals surface area contributed by atoms with Gasteiger partial charge in [-0.3, -0.25) is 4.31 Å². The Bertz CT molecular complexity index is 703. The second-order valence-electron chi connectivity index (χ2n) is 5.60. The number of anilines is 1. The van der Waals surface area contributed by atoms with Gasteiger partial charge in [-0.2, -0.15) is 0 Å². The number of aliphatic hydroxyl groups is 1. The largest absolute Gasteiger partial charge is 0.390 e. The van der Waals surface area contributed by atoms with E-state index in [1.807, 2.05) is 25.1 Å². The molecular weight excluding hydrogens is 312 g/mol. The van der Waals surface area contributed by atoms with Crippen LogP contribution in [-0.4, -0.2) is 51.7 Å². The molecule has 0 aliphatic carbocycles. The lowest BCUT2D eigenvalue weighted by molar-refractivity contribution is 0.145. The Morgan fingerprint density at radius 2 is 1.43 bits per heavy atom. The summed E-state index contributed by atoms with van der Waals surface area (Å²) in [6.07, 6.45) is -0.788. The first-order valence-corrected chi connectivity index (χ1v) is 8.81. The second kappa shape index (κ2) is 7.59. The van der Waals surface area contributed by atoms with E-state index < -0.39 is 16.1 Å². The van der Waals surface area contributed by atoms with Crippen LogP contribution in [0.2, 0.25) is 0 Å². The third-order valence-corrected chi connectivity index (χ3v) is 5.14. The fourth-order valence-electron chi connectivity index (χ4n) is 2.33. The van der Waals surface area contributed by atoms with Crippen molar-refractivity contribution in [2.75, 3.05) is 31.5 Å². The van der Waals surface area contributed by atoms with E-state index in [9.17, 15) is 13.5 Å². The molecule has 0 aliphatic heterocycles. The lowest BCUT2D eigenvalue weighted by Gasteiger charge is -2.28. The van der Waals surface area contributed by atoms with Crippen molar-refractivity contribution in [2.24, 2.45) is 0 Å². The van der Waals surface area contributed by atoms with Gasteiger partial charge in [0, 0.05) is 6.54 Å². The predicted molar refractivity (Wildman–Crippen MR) is 92.0 cm³/mol. The Morgan fingerprint density at radius 3 is 1.96 bits per heavy atom. The van der Waals surface area contributed by atoms with Crippen LogP contribution in [0.1, 0.15) is 0 Å². The lowest BCUT2D eigenvalue weighted by atomic mass is 10.3. The van der Waals surface area contributed by atoms with Gasteiger partial charge in [0.05, 0.1) is 23.2 Å². The van der Waals surface area contributed by atoms with Crippen molar-refractivity contribution in [2.45, 2.75) is 11.0 Å². The van der Waals surface area contributed by atoms with E-state index in [1.54, 1.807) is 54.6 Å². The fraction of sp³-hybridized carbons (Fsp3) is 0.294. The van der Waals surface area contributed by atoms with Gasteiger partial charge in [-0.05, 0) is 38.4 Å². The van der Waals surface area contributed by atoms with Crippen molar-refractivity contribution < 1.29 is 13.5 Å². The van der Waals surface area contributed by atoms with Crippen molar-refractivity contribution in [3.8, 4) is 0 Å². The molecule has 6 heteroatoms. The Kier molecular flexibility index (Phi) is 5.76. The molecule has 0 amide bonds. The zero-order valence-electron chi connectivity index (χ0n) is 13.3. The number of sulfonamides is 1. The summed E-state index contributed by atoms with van der Waals surface area (Å²) in [6.45, 7) is 0.382. The van der Waals surface area contributed by atoms with E-state index >= 15 is 0 Å². The quantitative estimate of drug-likeness (QED) is 0.839. The molecule has 0 bridgehead atoms. The molecule has 1 atom stereocenters. The van der Waals surface area contributed by atoms with Crippen LogP contribution in [0.5, 0.6) is 0 Å². The van der Waals surface area contributed by atoms with Gasteiger partial charge in [0.1, 0.15) is 0 Å². The summed E-state index contributed by atoms with van der Waals surface area (Å²) < 4.78 is 27.2. The number of para-hydroxylation sites is 1. The van der Waals surface area contributed by atoms with Crippen molar-refractivity contribution in [1.82, 2.24) is 4.90 Å². The second-order valence-corrected chi connectivity index (χ2v) is 7.46. The topological polar surface area (TPSA) is 60.9 Å². The first-order chi connectivity index (χ1) is 10.9. The summed E-state index contributed by atoms with van der Waals surface area (Å²) in [6, 6.07) is 17.1. The highest BCUT2D eigenvalue weighted by molar-refractivity contribution is 7.92. The maximum Gasteiger partial charge on any atom is 0.264 e. The van der Waals surface area contributed by atoms with Crippen LogP contribution in [0.25, 0.3) is 0 Å². The van der Waals surface area contributed by atoms with Crippen LogP contribution in [0.4, 0.5) is 5.69 Å². The Morgan fingerprint density at radius 1 is 0.913 bits per heavy atom. The van der Waals surface area contributed by atoms with E-state index in [-0.39, 0.29) is 11.4 Å². The van der Waals surface area contributed by atoms with Gasteiger partial charge in [-0.1, -0.05) is 36.4 Å². The first-order valence-electron chi connectivity index (χ1n) is 7.37. The average molecular weight is 334 g/mol. The molecule has 0 unspecified atom stereocenters. The molecular formula is C17H22N2O3S. The van der Waals surface area contributed by atoms with Crippen LogP contribution in [0, 0.1) is 0 Å². The van der Waals surface area contributed by atoms with E-state index in [1.165, 1.54) is 4.31 Å². The highest BCUT2D eigenvalue weighted by Crippen LogP contribution is 2.23. The average Bonchev–Trinajstić information content (AvgIpc) is 2.53. The molecule has 23 heavy (non-hydrogen) atoms. The third kappa shape index (κ3) is 4.54. The van der Waals surface area contributed by atoms with Crippen LogP contribution < -0.4 is 4.31 Å². The smallest absolute Gasteiger partial charge is 0.264 e. The summed E-state index contributed by atoms with van der Waals surface area (Å²) in [5, 5.41) is 10.2. The summed E-state index contributed by atoms with van der Waals surface area (Å²) in [7, 11) is -0.0600. The van der Waals surface area contributed by atoms with E-state index in [2.05, 4.69) is 0 Å². The Balaban J connectivity index is 2.38. The van der Waals surface area contributed by atoms with E-state index in [4.69, 9.17) is 0 Å². The molecule has 0 radical (unpaired) electrons. The van der Waals surface area contributed by atoms with E-state index in [0.717, 1.165) is 0 Å². The number of likely N-dealkylation sites (N-methyl/N-ethyl adjacent to an activating group) is 1. The molecule has 0 aromatic heterocycles. The maximum atomic E-state index is 13.0. The number of benzene rings is 2. The van der Waals surface area contributed by atoms with Crippen LogP contribution in [0.3, 0.4) is 0 Å². The minimum absolute atomic E-state index is 0.000574. The van der Waals surface area contributed by atoms with Crippen LogP contribution in [0.15, 0.2) is 65.6 Å².